The summed E-state index contributed by atoms with van der Waals surface area (Å²) in [4.78, 5) is 20.2. The number of rotatable bonds is 10. The number of halogens is 1. The van der Waals surface area contributed by atoms with Gasteiger partial charge in [-0.25, -0.2) is 9.37 Å². The minimum Gasteiger partial charge on any atom is -0.352 e. The number of amides is 1. The van der Waals surface area contributed by atoms with Crippen LogP contribution < -0.4 is 10.2 Å². The first kappa shape index (κ1) is 25.7. The summed E-state index contributed by atoms with van der Waals surface area (Å²) >= 11 is 0. The number of benzene rings is 3. The van der Waals surface area contributed by atoms with Crippen molar-refractivity contribution in [3.63, 3.8) is 0 Å². The molecule has 39 heavy (non-hydrogen) atoms. The zero-order valence-corrected chi connectivity index (χ0v) is 21.5. The Labute approximate surface area is 225 Å². The van der Waals surface area contributed by atoms with Gasteiger partial charge >= 0.3 is 0 Å². The molecule has 9 heteroatoms. The van der Waals surface area contributed by atoms with Gasteiger partial charge in [0, 0.05) is 36.0 Å². The Morgan fingerprint density at radius 2 is 1.69 bits per heavy atom. The zero-order valence-electron chi connectivity index (χ0n) is 21.5. The molecule has 2 N–H and O–H groups in total. The van der Waals surface area contributed by atoms with Crippen molar-refractivity contribution in [3.05, 3.63) is 108 Å². The molecule has 0 aliphatic heterocycles. The standard InChI is InChI=1S/C30H28FN7O/c1-2-16-38(20-21-10-4-3-5-11-21)28-19-23(32-29(39)17-22-12-6-9-15-26(22)31)18-27(33-28)24-13-7-8-14-25(24)30-34-36-37-35-30/h3-15,18-19H,2,16-17,20H2,1H3,(H,32,33,39)(H,34,35,36,37). The molecule has 0 saturated heterocycles. The van der Waals surface area contributed by atoms with Crippen LogP contribution in [-0.2, 0) is 17.8 Å². The lowest BCUT2D eigenvalue weighted by Crippen LogP contribution is -2.25. The van der Waals surface area contributed by atoms with Crippen molar-refractivity contribution in [1.82, 2.24) is 25.6 Å². The first-order chi connectivity index (χ1) is 19.1. The molecule has 0 radical (unpaired) electrons. The highest BCUT2D eigenvalue weighted by molar-refractivity contribution is 5.93. The van der Waals surface area contributed by atoms with Crippen molar-refractivity contribution in [2.24, 2.45) is 0 Å². The van der Waals surface area contributed by atoms with Gasteiger partial charge in [0.15, 0.2) is 0 Å². The molecular weight excluding hydrogens is 493 g/mol. The third-order valence-corrected chi connectivity index (χ3v) is 6.23. The number of nitrogens with zero attached hydrogens (tertiary/aromatic N) is 5. The smallest absolute Gasteiger partial charge is 0.228 e. The van der Waals surface area contributed by atoms with Crippen LogP contribution in [-0.4, -0.2) is 38.1 Å². The maximum absolute atomic E-state index is 14.2. The van der Waals surface area contributed by atoms with Gasteiger partial charge in [0.05, 0.1) is 12.1 Å². The van der Waals surface area contributed by atoms with Crippen molar-refractivity contribution in [2.75, 3.05) is 16.8 Å². The van der Waals surface area contributed by atoms with E-state index in [2.05, 4.69) is 49.9 Å². The quantitative estimate of drug-likeness (QED) is 0.246. The van der Waals surface area contributed by atoms with Crippen LogP contribution in [0.25, 0.3) is 22.6 Å². The van der Waals surface area contributed by atoms with Gasteiger partial charge in [-0.05, 0) is 34.9 Å². The Bertz CT molecular complexity index is 1540. The van der Waals surface area contributed by atoms with Crippen molar-refractivity contribution in [2.45, 2.75) is 26.3 Å². The lowest BCUT2D eigenvalue weighted by atomic mass is 10.0. The second-order valence-electron chi connectivity index (χ2n) is 9.10. The fraction of sp³-hybridized carbons (Fsp3) is 0.167. The second kappa shape index (κ2) is 12.1. The second-order valence-corrected chi connectivity index (χ2v) is 9.10. The maximum atomic E-state index is 14.2. The third-order valence-electron chi connectivity index (χ3n) is 6.23. The minimum atomic E-state index is -0.408. The van der Waals surface area contributed by atoms with Crippen molar-refractivity contribution in [3.8, 4) is 22.6 Å². The van der Waals surface area contributed by atoms with Gasteiger partial charge in [-0.1, -0.05) is 79.7 Å². The van der Waals surface area contributed by atoms with Gasteiger partial charge in [0.25, 0.3) is 0 Å². The Kier molecular flexibility index (Phi) is 7.97. The molecule has 3 aromatic carbocycles. The summed E-state index contributed by atoms with van der Waals surface area (Å²) in [6, 6.07) is 27.8. The van der Waals surface area contributed by atoms with Crippen LogP contribution in [0.2, 0.25) is 0 Å². The van der Waals surface area contributed by atoms with Gasteiger partial charge in [0.1, 0.15) is 11.6 Å². The Morgan fingerprint density at radius 1 is 0.949 bits per heavy atom. The summed E-state index contributed by atoms with van der Waals surface area (Å²) in [5.74, 6) is 0.425. The number of anilines is 2. The van der Waals surface area contributed by atoms with E-state index >= 15 is 0 Å². The number of hydrogen-bond acceptors (Lipinski definition) is 6. The van der Waals surface area contributed by atoms with Crippen LogP contribution >= 0.6 is 0 Å². The van der Waals surface area contributed by atoms with Crippen LogP contribution in [0.15, 0.2) is 91.0 Å². The Balaban J connectivity index is 1.55. The van der Waals surface area contributed by atoms with Crippen LogP contribution in [0.5, 0.6) is 0 Å². The highest BCUT2D eigenvalue weighted by Crippen LogP contribution is 2.32. The Morgan fingerprint density at radius 3 is 2.44 bits per heavy atom. The van der Waals surface area contributed by atoms with Gasteiger partial charge in [-0.2, -0.15) is 5.21 Å². The number of aromatic nitrogens is 5. The van der Waals surface area contributed by atoms with E-state index in [1.165, 1.54) is 6.07 Å². The number of H-pyrrole nitrogens is 1. The molecule has 2 heterocycles. The topological polar surface area (TPSA) is 99.7 Å². The van der Waals surface area contributed by atoms with E-state index in [1.54, 1.807) is 18.2 Å². The predicted molar refractivity (Wildman–Crippen MR) is 149 cm³/mol. The maximum Gasteiger partial charge on any atom is 0.228 e. The van der Waals surface area contributed by atoms with Gasteiger partial charge in [-0.15, -0.1) is 10.2 Å². The number of pyridine rings is 1. The van der Waals surface area contributed by atoms with Gasteiger partial charge in [0.2, 0.25) is 11.7 Å². The molecule has 1 amide bonds. The van der Waals surface area contributed by atoms with E-state index in [1.807, 2.05) is 54.6 Å². The van der Waals surface area contributed by atoms with E-state index in [4.69, 9.17) is 4.98 Å². The highest BCUT2D eigenvalue weighted by atomic mass is 19.1. The van der Waals surface area contributed by atoms with Crippen molar-refractivity contribution < 1.29 is 9.18 Å². The molecule has 0 unspecified atom stereocenters. The SMILES string of the molecule is CCCN(Cc1ccccc1)c1cc(NC(=O)Cc2ccccc2F)cc(-c2ccccc2-c2nn[nH]n2)n1. The monoisotopic (exact) mass is 521 g/mol. The molecular formula is C30H28FN7O. The normalized spacial score (nSPS) is 10.8. The third kappa shape index (κ3) is 6.32. The fourth-order valence-electron chi connectivity index (χ4n) is 4.43. The molecule has 8 nitrogen and oxygen atoms in total. The van der Waals surface area contributed by atoms with E-state index in [0.29, 0.717) is 35.1 Å². The Hall–Kier alpha value is -4.92. The van der Waals surface area contributed by atoms with E-state index in [0.717, 1.165) is 29.7 Å². The average molecular weight is 522 g/mol. The molecule has 0 atom stereocenters. The fourth-order valence-corrected chi connectivity index (χ4v) is 4.43. The molecule has 5 rings (SSSR count). The van der Waals surface area contributed by atoms with Crippen LogP contribution in [0, 0.1) is 5.82 Å². The number of tetrazole rings is 1. The first-order valence-corrected chi connectivity index (χ1v) is 12.8. The molecule has 2 aromatic heterocycles. The number of carbonyl (C=O) groups excluding carboxylic acids is 1. The van der Waals surface area contributed by atoms with E-state index in [9.17, 15) is 9.18 Å². The number of hydrogen-bond donors (Lipinski definition) is 2. The van der Waals surface area contributed by atoms with Crippen LogP contribution in [0.4, 0.5) is 15.9 Å². The van der Waals surface area contributed by atoms with Gasteiger partial charge < -0.3 is 10.2 Å². The molecule has 0 bridgehead atoms. The highest BCUT2D eigenvalue weighted by Gasteiger charge is 2.17. The van der Waals surface area contributed by atoms with Crippen LogP contribution in [0.3, 0.4) is 0 Å². The average Bonchev–Trinajstić information content (AvgIpc) is 3.50. The first-order valence-electron chi connectivity index (χ1n) is 12.8. The van der Waals surface area contributed by atoms with Gasteiger partial charge in [-0.3, -0.25) is 4.79 Å². The predicted octanol–water partition coefficient (Wildman–Crippen LogP) is 5.67. The summed E-state index contributed by atoms with van der Waals surface area (Å²) in [6.07, 6.45) is 0.828. The minimum absolute atomic E-state index is 0.0815. The molecule has 5 aromatic rings. The largest absolute Gasteiger partial charge is 0.352 e. The van der Waals surface area contributed by atoms with E-state index < -0.39 is 5.82 Å². The number of carbonyl (C=O) groups is 1. The van der Waals surface area contributed by atoms with Crippen molar-refractivity contribution >= 4 is 17.4 Å². The molecule has 0 fully saturated rings. The summed E-state index contributed by atoms with van der Waals surface area (Å²) in [6.45, 7) is 3.53. The molecule has 0 aliphatic carbocycles. The molecule has 196 valence electrons. The molecule has 0 spiro atoms. The summed E-state index contributed by atoms with van der Waals surface area (Å²) < 4.78 is 14.2. The number of aromatic amines is 1. The zero-order chi connectivity index (χ0) is 27.0. The lowest BCUT2D eigenvalue weighted by Gasteiger charge is -2.25. The summed E-state index contributed by atoms with van der Waals surface area (Å²) in [5.41, 5.74) is 4.24. The lowest BCUT2D eigenvalue weighted by molar-refractivity contribution is -0.115. The summed E-state index contributed by atoms with van der Waals surface area (Å²) in [5, 5.41) is 17.5. The van der Waals surface area contributed by atoms with Crippen molar-refractivity contribution in [1.29, 1.82) is 0 Å². The molecule has 0 aliphatic rings. The van der Waals surface area contributed by atoms with E-state index in [-0.39, 0.29) is 12.3 Å². The van der Waals surface area contributed by atoms with Crippen LogP contribution in [0.1, 0.15) is 24.5 Å². The molecule has 0 saturated carbocycles. The number of nitrogens with one attached hydrogen (secondary N) is 2. The summed E-state index contributed by atoms with van der Waals surface area (Å²) in [7, 11) is 0.